The van der Waals surface area contributed by atoms with Crippen LogP contribution >= 0.6 is 0 Å². The Bertz CT molecular complexity index is 1330. The largest absolute Gasteiger partial charge is 0.508 e. The normalized spacial score (nSPS) is 14.4. The summed E-state index contributed by atoms with van der Waals surface area (Å²) >= 11 is 0. The van der Waals surface area contributed by atoms with Crippen molar-refractivity contribution in [1.29, 1.82) is 0 Å². The van der Waals surface area contributed by atoms with Gasteiger partial charge in [-0.25, -0.2) is 15.0 Å². The Morgan fingerprint density at radius 3 is 2.76 bits per heavy atom. The molecule has 3 aromatic heterocycles. The fourth-order valence-electron chi connectivity index (χ4n) is 3.54. The molecule has 0 saturated heterocycles. The van der Waals surface area contributed by atoms with E-state index < -0.39 is 5.78 Å². The van der Waals surface area contributed by atoms with Crippen molar-refractivity contribution < 1.29 is 19.7 Å². The Morgan fingerprint density at radius 1 is 1.17 bits per heavy atom. The maximum atomic E-state index is 12.8. The van der Waals surface area contributed by atoms with Crippen molar-refractivity contribution >= 4 is 22.9 Å². The molecule has 0 bridgehead atoms. The van der Waals surface area contributed by atoms with Gasteiger partial charge in [0.1, 0.15) is 34.8 Å². The molecule has 0 atom stereocenters. The van der Waals surface area contributed by atoms with E-state index in [0.29, 0.717) is 5.56 Å². The fourth-order valence-corrected chi connectivity index (χ4v) is 3.54. The summed E-state index contributed by atoms with van der Waals surface area (Å²) in [6, 6.07) is 4.27. The SMILES string of the molecule is Cn1cc(C=C2Oc3cc(O)cc(O)c3C2=O)c2c(-c3cncnc3)ccnc21. The van der Waals surface area contributed by atoms with Crippen molar-refractivity contribution in [2.45, 2.75) is 0 Å². The van der Waals surface area contributed by atoms with Gasteiger partial charge in [-0.1, -0.05) is 0 Å². The first-order valence-electron chi connectivity index (χ1n) is 8.72. The average Bonchev–Trinajstić information content (AvgIpc) is 3.19. The number of phenolic OH excluding ortho intramolecular Hbond substituents is 2. The second-order valence-electron chi connectivity index (χ2n) is 6.66. The number of aromatic nitrogens is 4. The molecule has 142 valence electrons. The molecule has 1 aliphatic heterocycles. The van der Waals surface area contributed by atoms with Crippen LogP contribution in [0.1, 0.15) is 15.9 Å². The zero-order valence-corrected chi connectivity index (χ0v) is 15.2. The molecule has 0 spiro atoms. The number of pyridine rings is 1. The van der Waals surface area contributed by atoms with Gasteiger partial charge in [0.15, 0.2) is 5.76 Å². The molecule has 29 heavy (non-hydrogen) atoms. The van der Waals surface area contributed by atoms with Gasteiger partial charge in [-0.3, -0.25) is 4.79 Å². The van der Waals surface area contributed by atoms with Crippen LogP contribution in [0.5, 0.6) is 17.2 Å². The van der Waals surface area contributed by atoms with Crippen LogP contribution in [0.3, 0.4) is 0 Å². The quantitative estimate of drug-likeness (QED) is 0.509. The third-order valence-corrected chi connectivity index (χ3v) is 4.78. The first-order chi connectivity index (χ1) is 14.0. The van der Waals surface area contributed by atoms with E-state index in [-0.39, 0.29) is 28.6 Å². The maximum absolute atomic E-state index is 12.8. The Balaban J connectivity index is 1.69. The van der Waals surface area contributed by atoms with E-state index in [1.165, 1.54) is 12.4 Å². The number of hydrogen-bond donors (Lipinski definition) is 2. The lowest BCUT2D eigenvalue weighted by Gasteiger charge is -2.04. The molecule has 0 amide bonds. The highest BCUT2D eigenvalue weighted by Gasteiger charge is 2.31. The number of aryl methyl sites for hydroxylation is 1. The smallest absolute Gasteiger partial charge is 0.235 e. The molecular weight excluding hydrogens is 372 g/mol. The molecule has 1 aliphatic rings. The molecule has 0 radical (unpaired) electrons. The second kappa shape index (κ2) is 6.16. The van der Waals surface area contributed by atoms with E-state index >= 15 is 0 Å². The minimum Gasteiger partial charge on any atom is -0.508 e. The summed E-state index contributed by atoms with van der Waals surface area (Å²) in [5.41, 5.74) is 3.15. The Hall–Kier alpha value is -4.20. The van der Waals surface area contributed by atoms with Crippen LogP contribution in [0.4, 0.5) is 0 Å². The second-order valence-corrected chi connectivity index (χ2v) is 6.66. The van der Waals surface area contributed by atoms with Gasteiger partial charge in [-0.15, -0.1) is 0 Å². The summed E-state index contributed by atoms with van der Waals surface area (Å²) < 4.78 is 7.48. The number of fused-ring (bicyclic) bond motifs is 2. The molecule has 0 fully saturated rings. The number of carbonyl (C=O) groups excluding carboxylic acids is 1. The standard InChI is InChI=1S/C21H14N4O4/c1-25-9-11(4-17-20(28)19-15(27)5-13(26)6-16(19)29-17)18-14(2-3-24-21(18)25)12-7-22-10-23-8-12/h2-10,26-27H,1H3. The third kappa shape index (κ3) is 2.61. The van der Waals surface area contributed by atoms with E-state index in [1.54, 1.807) is 24.7 Å². The van der Waals surface area contributed by atoms with Crippen LogP contribution < -0.4 is 4.74 Å². The highest BCUT2D eigenvalue weighted by molar-refractivity contribution is 6.17. The lowest BCUT2D eigenvalue weighted by Crippen LogP contribution is -1.98. The zero-order valence-electron chi connectivity index (χ0n) is 15.2. The van der Waals surface area contributed by atoms with Crippen molar-refractivity contribution in [2.24, 2.45) is 7.05 Å². The number of benzene rings is 1. The molecule has 0 aliphatic carbocycles. The fraction of sp³-hybridized carbons (Fsp3) is 0.0476. The van der Waals surface area contributed by atoms with E-state index in [0.717, 1.165) is 28.2 Å². The van der Waals surface area contributed by atoms with Gasteiger partial charge in [0, 0.05) is 60.5 Å². The molecule has 4 heterocycles. The van der Waals surface area contributed by atoms with Crippen molar-refractivity contribution in [3.05, 3.63) is 66.2 Å². The topological polar surface area (TPSA) is 110 Å². The van der Waals surface area contributed by atoms with Gasteiger partial charge in [0.05, 0.1) is 0 Å². The summed E-state index contributed by atoms with van der Waals surface area (Å²) in [6.07, 6.45) is 10.0. The van der Waals surface area contributed by atoms with Crippen LogP contribution in [0.15, 0.2) is 55.1 Å². The van der Waals surface area contributed by atoms with E-state index in [1.807, 2.05) is 23.9 Å². The number of Topliss-reactive ketones (excluding diaryl/α,β-unsaturated/α-hetero) is 1. The highest BCUT2D eigenvalue weighted by Crippen LogP contribution is 2.41. The molecule has 0 saturated carbocycles. The molecular formula is C21H14N4O4. The van der Waals surface area contributed by atoms with Gasteiger partial charge in [0.25, 0.3) is 0 Å². The van der Waals surface area contributed by atoms with Crippen LogP contribution in [0.2, 0.25) is 0 Å². The van der Waals surface area contributed by atoms with Gasteiger partial charge in [-0.05, 0) is 17.7 Å². The van der Waals surface area contributed by atoms with E-state index in [4.69, 9.17) is 4.74 Å². The number of nitrogens with zero attached hydrogens (tertiary/aromatic N) is 4. The number of ketones is 1. The lowest BCUT2D eigenvalue weighted by atomic mass is 10.0. The summed E-state index contributed by atoms with van der Waals surface area (Å²) in [5.74, 6) is -0.796. The Morgan fingerprint density at radius 2 is 1.97 bits per heavy atom. The van der Waals surface area contributed by atoms with E-state index in [9.17, 15) is 15.0 Å². The molecule has 0 unspecified atom stereocenters. The molecule has 2 N–H and O–H groups in total. The number of rotatable bonds is 2. The molecule has 1 aromatic carbocycles. The number of carbonyl (C=O) groups is 1. The van der Waals surface area contributed by atoms with Crippen LogP contribution in [-0.2, 0) is 7.05 Å². The number of phenols is 2. The minimum atomic E-state index is -0.456. The summed E-state index contributed by atoms with van der Waals surface area (Å²) in [5, 5.41) is 20.5. The third-order valence-electron chi connectivity index (χ3n) is 4.78. The zero-order chi connectivity index (χ0) is 20.1. The van der Waals surface area contributed by atoms with Crippen molar-refractivity contribution in [2.75, 3.05) is 0 Å². The van der Waals surface area contributed by atoms with Crippen LogP contribution in [-0.4, -0.2) is 35.5 Å². The Kier molecular flexibility index (Phi) is 3.60. The Labute approximate surface area is 164 Å². The molecule has 5 rings (SSSR count). The first kappa shape index (κ1) is 16.9. The number of hydrogen-bond acceptors (Lipinski definition) is 7. The molecule has 8 nitrogen and oxygen atoms in total. The van der Waals surface area contributed by atoms with E-state index in [2.05, 4.69) is 15.0 Å². The van der Waals surface area contributed by atoms with Crippen molar-refractivity contribution in [1.82, 2.24) is 19.5 Å². The summed E-state index contributed by atoms with van der Waals surface area (Å²) in [6.45, 7) is 0. The average molecular weight is 386 g/mol. The summed E-state index contributed by atoms with van der Waals surface area (Å²) in [4.78, 5) is 25.4. The minimum absolute atomic E-state index is 0.0316. The van der Waals surface area contributed by atoms with Gasteiger partial charge in [-0.2, -0.15) is 0 Å². The predicted molar refractivity (Wildman–Crippen MR) is 104 cm³/mol. The summed E-state index contributed by atoms with van der Waals surface area (Å²) in [7, 11) is 1.86. The van der Waals surface area contributed by atoms with Crippen molar-refractivity contribution in [3.8, 4) is 28.4 Å². The van der Waals surface area contributed by atoms with Crippen LogP contribution in [0.25, 0.3) is 28.2 Å². The first-order valence-corrected chi connectivity index (χ1v) is 8.72. The van der Waals surface area contributed by atoms with Crippen LogP contribution in [0, 0.1) is 0 Å². The number of aromatic hydroxyl groups is 2. The van der Waals surface area contributed by atoms with Crippen molar-refractivity contribution in [3.63, 3.8) is 0 Å². The maximum Gasteiger partial charge on any atom is 0.235 e. The lowest BCUT2D eigenvalue weighted by molar-refractivity contribution is 0.101. The molecule has 4 aromatic rings. The molecule has 8 heteroatoms. The number of allylic oxidation sites excluding steroid dienone is 1. The monoisotopic (exact) mass is 386 g/mol. The van der Waals surface area contributed by atoms with Gasteiger partial charge < -0.3 is 19.5 Å². The predicted octanol–water partition coefficient (Wildman–Crippen LogP) is 3.06. The highest BCUT2D eigenvalue weighted by atomic mass is 16.5. The van der Waals surface area contributed by atoms with Gasteiger partial charge >= 0.3 is 0 Å². The van der Waals surface area contributed by atoms with Gasteiger partial charge in [0.2, 0.25) is 5.78 Å². The number of ether oxygens (including phenoxy) is 1.